The Balaban J connectivity index is 2.46. The van der Waals surface area contributed by atoms with Crippen molar-refractivity contribution in [1.29, 1.82) is 0 Å². The van der Waals surface area contributed by atoms with Gasteiger partial charge in [-0.3, -0.25) is 0 Å². The summed E-state index contributed by atoms with van der Waals surface area (Å²) in [5.41, 5.74) is 7.24. The van der Waals surface area contributed by atoms with Crippen molar-refractivity contribution in [2.45, 2.75) is 37.6 Å². The molecule has 0 saturated heterocycles. The lowest BCUT2D eigenvalue weighted by atomic mass is 9.79. The Bertz CT molecular complexity index is 364. The van der Waals surface area contributed by atoms with E-state index in [4.69, 9.17) is 10.5 Å². The Labute approximate surface area is 90.7 Å². The van der Waals surface area contributed by atoms with Gasteiger partial charge < -0.3 is 10.5 Å². The van der Waals surface area contributed by atoms with Crippen LogP contribution in [-0.2, 0) is 5.41 Å². The Kier molecular flexibility index (Phi) is 2.23. The first-order valence-corrected chi connectivity index (χ1v) is 5.30. The number of aromatic nitrogens is 1. The van der Waals surface area contributed by atoms with Crippen LogP contribution in [0.1, 0.15) is 32.3 Å². The fourth-order valence-electron chi connectivity index (χ4n) is 2.30. The van der Waals surface area contributed by atoms with Crippen molar-refractivity contribution >= 4 is 0 Å². The lowest BCUT2D eigenvalue weighted by molar-refractivity contribution is 0.350. The summed E-state index contributed by atoms with van der Waals surface area (Å²) in [7, 11) is 1.66. The number of hydrogen-bond donors (Lipinski definition) is 1. The highest BCUT2D eigenvalue weighted by Gasteiger charge is 2.55. The quantitative estimate of drug-likeness (QED) is 0.821. The molecule has 1 aromatic heterocycles. The summed E-state index contributed by atoms with van der Waals surface area (Å²) in [6, 6.07) is 4.02. The predicted molar refractivity (Wildman–Crippen MR) is 60.0 cm³/mol. The summed E-state index contributed by atoms with van der Waals surface area (Å²) in [6.45, 7) is 4.15. The van der Waals surface area contributed by atoms with E-state index in [-0.39, 0.29) is 11.0 Å². The first-order chi connectivity index (χ1) is 7.01. The molecule has 82 valence electrons. The van der Waals surface area contributed by atoms with Gasteiger partial charge in [0.2, 0.25) is 5.88 Å². The van der Waals surface area contributed by atoms with Gasteiger partial charge in [-0.2, -0.15) is 0 Å². The monoisotopic (exact) mass is 206 g/mol. The number of pyridine rings is 1. The van der Waals surface area contributed by atoms with Gasteiger partial charge >= 0.3 is 0 Å². The van der Waals surface area contributed by atoms with E-state index >= 15 is 0 Å². The Morgan fingerprint density at radius 1 is 1.47 bits per heavy atom. The van der Waals surface area contributed by atoms with Crippen molar-refractivity contribution in [3.8, 4) is 5.88 Å². The van der Waals surface area contributed by atoms with Gasteiger partial charge in [0.15, 0.2) is 0 Å². The van der Waals surface area contributed by atoms with E-state index in [1.807, 2.05) is 6.07 Å². The van der Waals surface area contributed by atoms with Gasteiger partial charge in [0.1, 0.15) is 0 Å². The minimum atomic E-state index is -0.219. The maximum Gasteiger partial charge on any atom is 0.216 e. The Morgan fingerprint density at radius 2 is 2.13 bits per heavy atom. The first kappa shape index (κ1) is 10.4. The van der Waals surface area contributed by atoms with Gasteiger partial charge in [0.05, 0.1) is 7.11 Å². The van der Waals surface area contributed by atoms with Gasteiger partial charge in [-0.1, -0.05) is 6.07 Å². The van der Waals surface area contributed by atoms with Crippen LogP contribution in [0.15, 0.2) is 18.3 Å². The van der Waals surface area contributed by atoms with Crippen LogP contribution in [0.2, 0.25) is 0 Å². The predicted octanol–water partition coefficient (Wildman–Crippen LogP) is 1.86. The fourth-order valence-corrected chi connectivity index (χ4v) is 2.30. The Hall–Kier alpha value is -1.09. The average Bonchev–Trinajstić information content (AvgIpc) is 2.97. The molecule has 2 N–H and O–H groups in total. The summed E-state index contributed by atoms with van der Waals surface area (Å²) in [5.74, 6) is 0.716. The number of nitrogens with two attached hydrogens (primary N) is 1. The highest BCUT2D eigenvalue weighted by molar-refractivity contribution is 5.42. The third kappa shape index (κ3) is 1.51. The van der Waals surface area contributed by atoms with Crippen LogP contribution < -0.4 is 10.5 Å². The number of hydrogen-bond acceptors (Lipinski definition) is 3. The van der Waals surface area contributed by atoms with E-state index in [1.165, 1.54) is 0 Å². The minimum absolute atomic E-state index is 0.0621. The molecule has 0 unspecified atom stereocenters. The lowest BCUT2D eigenvalue weighted by Gasteiger charge is -2.31. The molecule has 1 aliphatic rings. The van der Waals surface area contributed by atoms with Crippen molar-refractivity contribution in [3.63, 3.8) is 0 Å². The molecule has 1 heterocycles. The lowest BCUT2D eigenvalue weighted by Crippen LogP contribution is -2.45. The molecule has 2 rings (SSSR count). The van der Waals surface area contributed by atoms with E-state index in [1.54, 1.807) is 13.3 Å². The van der Waals surface area contributed by atoms with E-state index in [2.05, 4.69) is 24.9 Å². The van der Waals surface area contributed by atoms with Gasteiger partial charge in [0.25, 0.3) is 0 Å². The second-order valence-corrected chi connectivity index (χ2v) is 4.86. The van der Waals surface area contributed by atoms with E-state index in [0.29, 0.717) is 5.88 Å². The topological polar surface area (TPSA) is 48.1 Å². The van der Waals surface area contributed by atoms with Crippen LogP contribution in [0.3, 0.4) is 0 Å². The molecule has 1 aliphatic carbocycles. The van der Waals surface area contributed by atoms with Crippen LogP contribution in [0.4, 0.5) is 0 Å². The summed E-state index contributed by atoms with van der Waals surface area (Å²) in [5, 5.41) is 0. The van der Waals surface area contributed by atoms with Crippen LogP contribution in [0, 0.1) is 0 Å². The van der Waals surface area contributed by atoms with Gasteiger partial charge in [-0.05, 0) is 32.8 Å². The molecular formula is C12H18N2O. The second-order valence-electron chi connectivity index (χ2n) is 4.86. The molecule has 3 heteroatoms. The zero-order chi connectivity index (χ0) is 11.1. The van der Waals surface area contributed by atoms with Gasteiger partial charge in [-0.25, -0.2) is 4.98 Å². The number of rotatable bonds is 3. The maximum absolute atomic E-state index is 6.25. The molecule has 1 fully saturated rings. The molecule has 0 aliphatic heterocycles. The summed E-state index contributed by atoms with van der Waals surface area (Å²) in [4.78, 5) is 4.24. The molecule has 0 radical (unpaired) electrons. The van der Waals surface area contributed by atoms with Crippen molar-refractivity contribution in [1.82, 2.24) is 4.98 Å². The van der Waals surface area contributed by atoms with Gasteiger partial charge in [-0.15, -0.1) is 0 Å². The van der Waals surface area contributed by atoms with Crippen LogP contribution in [0.5, 0.6) is 5.88 Å². The van der Waals surface area contributed by atoms with Crippen molar-refractivity contribution in [2.24, 2.45) is 5.73 Å². The summed E-state index contributed by atoms with van der Waals surface area (Å²) in [6.07, 6.45) is 4.00. The maximum atomic E-state index is 6.25. The van der Waals surface area contributed by atoms with E-state index in [0.717, 1.165) is 18.4 Å². The number of methoxy groups -OCH3 is 1. The Morgan fingerprint density at radius 3 is 2.60 bits per heavy atom. The largest absolute Gasteiger partial charge is 0.481 e. The van der Waals surface area contributed by atoms with Gasteiger partial charge in [0, 0.05) is 22.7 Å². The van der Waals surface area contributed by atoms with Crippen molar-refractivity contribution in [3.05, 3.63) is 23.9 Å². The normalized spacial score (nSPS) is 18.7. The highest BCUT2D eigenvalue weighted by atomic mass is 16.5. The highest BCUT2D eigenvalue weighted by Crippen LogP contribution is 2.56. The minimum Gasteiger partial charge on any atom is -0.481 e. The molecule has 0 amide bonds. The summed E-state index contributed by atoms with van der Waals surface area (Å²) >= 11 is 0. The molecule has 0 atom stereocenters. The van der Waals surface area contributed by atoms with Crippen LogP contribution in [0.25, 0.3) is 0 Å². The zero-order valence-electron chi connectivity index (χ0n) is 9.58. The van der Waals surface area contributed by atoms with Crippen LogP contribution >= 0.6 is 0 Å². The average molecular weight is 206 g/mol. The third-order valence-corrected chi connectivity index (χ3v) is 3.46. The van der Waals surface area contributed by atoms with E-state index in [9.17, 15) is 0 Å². The molecule has 0 spiro atoms. The fraction of sp³-hybridized carbons (Fsp3) is 0.583. The molecule has 15 heavy (non-hydrogen) atoms. The standard InChI is InChI=1S/C12H18N2O/c1-11(2,13)12(6-7-12)9-5-4-8-14-10(9)15-3/h4-5,8H,6-7,13H2,1-3H3. The number of nitrogens with zero attached hydrogens (tertiary/aromatic N) is 1. The third-order valence-electron chi connectivity index (χ3n) is 3.46. The molecule has 1 saturated carbocycles. The SMILES string of the molecule is COc1ncccc1C1(C(C)(C)N)CC1. The zero-order valence-corrected chi connectivity index (χ0v) is 9.58. The molecule has 1 aromatic rings. The molecule has 3 nitrogen and oxygen atoms in total. The van der Waals surface area contributed by atoms with Crippen molar-refractivity contribution in [2.75, 3.05) is 7.11 Å². The second kappa shape index (κ2) is 3.20. The summed E-state index contributed by atoms with van der Waals surface area (Å²) < 4.78 is 5.30. The molecule has 0 bridgehead atoms. The van der Waals surface area contributed by atoms with E-state index < -0.39 is 0 Å². The van der Waals surface area contributed by atoms with Crippen LogP contribution in [-0.4, -0.2) is 17.6 Å². The molecule has 0 aromatic carbocycles. The smallest absolute Gasteiger partial charge is 0.216 e. The molecular weight excluding hydrogens is 188 g/mol. The first-order valence-electron chi connectivity index (χ1n) is 5.30. The number of ether oxygens (including phenoxy) is 1. The van der Waals surface area contributed by atoms with Crippen molar-refractivity contribution < 1.29 is 4.74 Å².